The summed E-state index contributed by atoms with van der Waals surface area (Å²) in [4.78, 5) is 11.2. The Morgan fingerprint density at radius 3 is 2.54 bits per heavy atom. The minimum Gasteiger partial charge on any atom is -0.369 e. The van der Waals surface area contributed by atoms with E-state index in [1.54, 1.807) is 6.20 Å². The predicted molar refractivity (Wildman–Crippen MR) is 114 cm³/mol. The second-order valence-corrected chi connectivity index (χ2v) is 6.81. The van der Waals surface area contributed by atoms with Gasteiger partial charge in [0, 0.05) is 42.1 Å². The molecule has 26 heavy (non-hydrogen) atoms. The molecular formula is C21H21Cl2N3. The summed E-state index contributed by atoms with van der Waals surface area (Å²) in [6.07, 6.45) is 3.68. The third-order valence-electron chi connectivity index (χ3n) is 4.26. The van der Waals surface area contributed by atoms with Crippen LogP contribution < -0.4 is 4.90 Å². The van der Waals surface area contributed by atoms with Gasteiger partial charge >= 0.3 is 0 Å². The molecule has 5 heteroatoms. The average Bonchev–Trinajstić information content (AvgIpc) is 2.66. The number of anilines is 1. The minimum absolute atomic E-state index is 0.577. The van der Waals surface area contributed by atoms with Gasteiger partial charge in [-0.15, -0.1) is 23.2 Å². The predicted octanol–water partition coefficient (Wildman–Crippen LogP) is 5.58. The van der Waals surface area contributed by atoms with Crippen LogP contribution in [-0.2, 0) is 0 Å². The molecule has 0 fully saturated rings. The van der Waals surface area contributed by atoms with Crippen molar-refractivity contribution in [3.63, 3.8) is 0 Å². The quantitative estimate of drug-likeness (QED) is 0.392. The molecule has 0 aliphatic heterocycles. The fourth-order valence-corrected chi connectivity index (χ4v) is 3.26. The lowest BCUT2D eigenvalue weighted by molar-refractivity contribution is 0.873. The van der Waals surface area contributed by atoms with E-state index in [1.807, 2.05) is 36.5 Å². The fourth-order valence-electron chi connectivity index (χ4n) is 2.85. The number of halogens is 2. The van der Waals surface area contributed by atoms with Crippen LogP contribution in [0, 0.1) is 6.92 Å². The fraction of sp³-hybridized carbons (Fsp3) is 0.238. The number of para-hydroxylation sites is 1. The molecule has 2 aromatic carbocycles. The number of fused-ring (bicyclic) bond motifs is 1. The molecule has 0 N–H and O–H groups in total. The van der Waals surface area contributed by atoms with Gasteiger partial charge in [0.05, 0.1) is 17.4 Å². The third kappa shape index (κ3) is 4.54. The van der Waals surface area contributed by atoms with Crippen molar-refractivity contribution < 1.29 is 0 Å². The van der Waals surface area contributed by atoms with E-state index in [-0.39, 0.29) is 0 Å². The van der Waals surface area contributed by atoms with Crippen LogP contribution in [0.25, 0.3) is 10.9 Å². The molecule has 0 unspecified atom stereocenters. The van der Waals surface area contributed by atoms with Crippen LogP contribution in [0.15, 0.2) is 59.7 Å². The van der Waals surface area contributed by atoms with Gasteiger partial charge in [-0.25, -0.2) is 0 Å². The van der Waals surface area contributed by atoms with Gasteiger partial charge in [0.15, 0.2) is 0 Å². The molecule has 0 amide bonds. The number of aliphatic imine (C=N–C) groups is 1. The summed E-state index contributed by atoms with van der Waals surface area (Å²) in [6, 6.07) is 16.4. The highest BCUT2D eigenvalue weighted by atomic mass is 35.5. The van der Waals surface area contributed by atoms with Gasteiger partial charge in [0.25, 0.3) is 0 Å². The Bertz CT molecular complexity index is 903. The van der Waals surface area contributed by atoms with Gasteiger partial charge in [-0.05, 0) is 42.3 Å². The maximum atomic E-state index is 5.90. The van der Waals surface area contributed by atoms with Crippen LogP contribution in [0.3, 0.4) is 0 Å². The zero-order valence-corrected chi connectivity index (χ0v) is 16.2. The van der Waals surface area contributed by atoms with Crippen molar-refractivity contribution >= 4 is 51.7 Å². The van der Waals surface area contributed by atoms with Gasteiger partial charge in [0.1, 0.15) is 0 Å². The Morgan fingerprint density at radius 1 is 1.04 bits per heavy atom. The van der Waals surface area contributed by atoms with Crippen molar-refractivity contribution in [2.45, 2.75) is 6.92 Å². The normalized spacial score (nSPS) is 11.3. The molecule has 0 saturated heterocycles. The second kappa shape index (κ2) is 9.02. The monoisotopic (exact) mass is 385 g/mol. The van der Waals surface area contributed by atoms with Crippen molar-refractivity contribution in [1.29, 1.82) is 0 Å². The van der Waals surface area contributed by atoms with Gasteiger partial charge < -0.3 is 4.90 Å². The van der Waals surface area contributed by atoms with Crippen LogP contribution in [0.5, 0.6) is 0 Å². The molecular weight excluding hydrogens is 365 g/mol. The summed E-state index contributed by atoms with van der Waals surface area (Å²) in [5, 5.41) is 1.09. The SMILES string of the molecule is Cc1cc(N(CCCl)CCCl)ccc1C=Nc1cnc2ccccc2c1. The number of aromatic nitrogens is 1. The Kier molecular flexibility index (Phi) is 6.48. The largest absolute Gasteiger partial charge is 0.369 e. The van der Waals surface area contributed by atoms with Gasteiger partial charge in [-0.3, -0.25) is 9.98 Å². The van der Waals surface area contributed by atoms with E-state index in [0.29, 0.717) is 11.8 Å². The topological polar surface area (TPSA) is 28.5 Å². The van der Waals surface area contributed by atoms with Crippen LogP contribution in [0.2, 0.25) is 0 Å². The summed E-state index contributed by atoms with van der Waals surface area (Å²) in [7, 11) is 0. The van der Waals surface area contributed by atoms with Gasteiger partial charge in [-0.2, -0.15) is 0 Å². The van der Waals surface area contributed by atoms with Crippen molar-refractivity contribution in [3.05, 3.63) is 65.9 Å². The summed E-state index contributed by atoms with van der Waals surface area (Å²) >= 11 is 11.8. The van der Waals surface area contributed by atoms with E-state index in [4.69, 9.17) is 23.2 Å². The zero-order valence-electron chi connectivity index (χ0n) is 14.7. The molecule has 0 saturated carbocycles. The first-order chi connectivity index (χ1) is 12.7. The maximum Gasteiger partial charge on any atom is 0.0819 e. The number of aryl methyl sites for hydroxylation is 1. The Balaban J connectivity index is 1.81. The standard InChI is InChI=1S/C21H21Cl2N3/c1-16-12-20(26(10-8-22)11-9-23)7-6-18(16)14-24-19-13-17-4-2-3-5-21(17)25-15-19/h2-7,12-15H,8-11H2,1H3. The van der Waals surface area contributed by atoms with E-state index in [9.17, 15) is 0 Å². The lowest BCUT2D eigenvalue weighted by Gasteiger charge is -2.23. The second-order valence-electron chi connectivity index (χ2n) is 6.05. The number of rotatable bonds is 7. The van der Waals surface area contributed by atoms with Gasteiger partial charge in [-0.1, -0.05) is 24.3 Å². The minimum atomic E-state index is 0.577. The molecule has 0 atom stereocenters. The van der Waals surface area contributed by atoms with Crippen molar-refractivity contribution in [1.82, 2.24) is 4.98 Å². The van der Waals surface area contributed by atoms with Crippen LogP contribution >= 0.6 is 23.2 Å². The summed E-state index contributed by atoms with van der Waals surface area (Å²) in [6.45, 7) is 3.65. The van der Waals surface area contributed by atoms with E-state index in [1.165, 1.54) is 0 Å². The highest BCUT2D eigenvalue weighted by molar-refractivity contribution is 6.18. The highest BCUT2D eigenvalue weighted by Gasteiger charge is 2.07. The molecule has 0 radical (unpaired) electrons. The lowest BCUT2D eigenvalue weighted by atomic mass is 10.1. The molecule has 0 bridgehead atoms. The molecule has 0 aliphatic rings. The average molecular weight is 386 g/mol. The lowest BCUT2D eigenvalue weighted by Crippen LogP contribution is -2.27. The summed E-state index contributed by atoms with van der Waals surface area (Å²) in [5.74, 6) is 1.15. The highest BCUT2D eigenvalue weighted by Crippen LogP contribution is 2.21. The summed E-state index contributed by atoms with van der Waals surface area (Å²) in [5.41, 5.74) is 5.20. The van der Waals surface area contributed by atoms with Crippen LogP contribution in [0.4, 0.5) is 11.4 Å². The van der Waals surface area contributed by atoms with Crippen molar-refractivity contribution in [3.8, 4) is 0 Å². The Morgan fingerprint density at radius 2 is 1.81 bits per heavy atom. The van der Waals surface area contributed by atoms with E-state index >= 15 is 0 Å². The van der Waals surface area contributed by atoms with E-state index in [2.05, 4.69) is 40.0 Å². The molecule has 134 valence electrons. The first kappa shape index (κ1) is 18.7. The molecule has 3 aromatic rings. The zero-order chi connectivity index (χ0) is 18.4. The van der Waals surface area contributed by atoms with Gasteiger partial charge in [0.2, 0.25) is 0 Å². The molecule has 0 spiro atoms. The molecule has 3 rings (SSSR count). The number of alkyl halides is 2. The third-order valence-corrected chi connectivity index (χ3v) is 4.59. The molecule has 1 aromatic heterocycles. The van der Waals surface area contributed by atoms with Crippen LogP contribution in [-0.4, -0.2) is 36.0 Å². The Labute approximate surface area is 164 Å². The van der Waals surface area contributed by atoms with Crippen LogP contribution in [0.1, 0.15) is 11.1 Å². The number of nitrogens with zero attached hydrogens (tertiary/aromatic N) is 3. The number of hydrogen-bond acceptors (Lipinski definition) is 3. The Hall–Kier alpha value is -2.10. The first-order valence-electron chi connectivity index (χ1n) is 8.57. The van der Waals surface area contributed by atoms with Crippen molar-refractivity contribution in [2.75, 3.05) is 29.7 Å². The van der Waals surface area contributed by atoms with E-state index < -0.39 is 0 Å². The van der Waals surface area contributed by atoms with Crippen molar-refractivity contribution in [2.24, 2.45) is 4.99 Å². The first-order valence-corrected chi connectivity index (χ1v) is 9.64. The summed E-state index contributed by atoms with van der Waals surface area (Å²) < 4.78 is 0. The molecule has 1 heterocycles. The smallest absolute Gasteiger partial charge is 0.0819 e. The van der Waals surface area contributed by atoms with E-state index in [0.717, 1.165) is 46.5 Å². The maximum absolute atomic E-state index is 5.90. The number of pyridine rings is 1. The molecule has 0 aliphatic carbocycles. The number of hydrogen-bond donors (Lipinski definition) is 0. The number of benzene rings is 2. The molecule has 3 nitrogen and oxygen atoms in total.